The Morgan fingerprint density at radius 2 is 1.18 bits per heavy atom. The summed E-state index contributed by atoms with van der Waals surface area (Å²) in [5.74, 6) is 0.996. The average molecular weight is 517 g/mol. The molecule has 0 aromatic carbocycles. The SMILES string of the molecule is CC(=O)SCCCCCCCCCCCCCCCCOP(OCCC#N)N(C(C)C)C(C)C. The van der Waals surface area contributed by atoms with Gasteiger partial charge in [-0.1, -0.05) is 88.8 Å². The van der Waals surface area contributed by atoms with Gasteiger partial charge in [-0.3, -0.25) is 4.79 Å². The van der Waals surface area contributed by atoms with Crippen LogP contribution in [0, 0.1) is 11.3 Å². The zero-order valence-electron chi connectivity index (χ0n) is 22.9. The maximum absolute atomic E-state index is 10.9. The van der Waals surface area contributed by atoms with E-state index in [1.807, 2.05) is 0 Å². The lowest BCUT2D eigenvalue weighted by Crippen LogP contribution is -2.33. The van der Waals surface area contributed by atoms with E-state index >= 15 is 0 Å². The van der Waals surface area contributed by atoms with Crippen LogP contribution in [-0.2, 0) is 13.8 Å². The van der Waals surface area contributed by atoms with Gasteiger partial charge in [-0.15, -0.1) is 0 Å². The van der Waals surface area contributed by atoms with Gasteiger partial charge in [0.15, 0.2) is 5.12 Å². The summed E-state index contributed by atoms with van der Waals surface area (Å²) < 4.78 is 14.4. The summed E-state index contributed by atoms with van der Waals surface area (Å²) in [6.45, 7) is 11.5. The highest BCUT2D eigenvalue weighted by Gasteiger charge is 2.26. The van der Waals surface area contributed by atoms with Gasteiger partial charge in [-0.25, -0.2) is 4.67 Å². The van der Waals surface area contributed by atoms with Crippen molar-refractivity contribution in [2.75, 3.05) is 19.0 Å². The van der Waals surface area contributed by atoms with Crippen LogP contribution in [0.1, 0.15) is 131 Å². The summed E-state index contributed by atoms with van der Waals surface area (Å²) in [6.07, 6.45) is 18.7. The van der Waals surface area contributed by atoms with Crippen LogP contribution >= 0.6 is 20.3 Å². The number of nitriles is 1. The van der Waals surface area contributed by atoms with Crippen molar-refractivity contribution in [1.29, 1.82) is 5.26 Å². The number of carbonyl (C=O) groups is 1. The zero-order chi connectivity index (χ0) is 25.4. The highest BCUT2D eigenvalue weighted by Crippen LogP contribution is 2.46. The molecule has 0 saturated heterocycles. The van der Waals surface area contributed by atoms with Crippen LogP contribution < -0.4 is 0 Å². The van der Waals surface area contributed by atoms with Crippen molar-refractivity contribution >= 4 is 25.4 Å². The van der Waals surface area contributed by atoms with Crippen molar-refractivity contribution < 1.29 is 13.8 Å². The number of thioether (sulfide) groups is 1. The molecule has 0 aromatic heterocycles. The predicted molar refractivity (Wildman–Crippen MR) is 149 cm³/mol. The standard InChI is InChI=1S/C27H53N2O3PS/c1-25(2)29(26(3)4)33(32-23-20-21-28)31-22-18-16-14-12-10-8-6-7-9-11-13-15-17-19-24-34-27(5)30/h25-26H,6-20,22-24H2,1-5H3. The van der Waals surface area contributed by atoms with Gasteiger partial charge in [-0.05, 0) is 40.5 Å². The molecule has 0 rings (SSSR count). The Hall–Kier alpha value is -0.180. The van der Waals surface area contributed by atoms with Crippen LogP contribution in [0.3, 0.4) is 0 Å². The molecule has 5 nitrogen and oxygen atoms in total. The molecule has 0 N–H and O–H groups in total. The summed E-state index contributed by atoms with van der Waals surface area (Å²) in [5.41, 5.74) is 0. The number of unbranched alkanes of at least 4 members (excludes halogenated alkanes) is 13. The van der Waals surface area contributed by atoms with E-state index in [-0.39, 0.29) is 5.12 Å². The van der Waals surface area contributed by atoms with Gasteiger partial charge >= 0.3 is 0 Å². The highest BCUT2D eigenvalue weighted by atomic mass is 32.2. The van der Waals surface area contributed by atoms with Crippen LogP contribution in [0.2, 0.25) is 0 Å². The number of nitrogens with zero attached hydrogens (tertiary/aromatic N) is 2. The summed E-state index contributed by atoms with van der Waals surface area (Å²) in [7, 11) is -1.09. The van der Waals surface area contributed by atoms with Crippen molar-refractivity contribution in [1.82, 2.24) is 4.67 Å². The first kappa shape index (κ1) is 33.8. The summed E-state index contributed by atoms with van der Waals surface area (Å²) >= 11 is 1.46. The average Bonchev–Trinajstić information content (AvgIpc) is 2.77. The van der Waals surface area contributed by atoms with E-state index in [0.29, 0.717) is 25.1 Å². The monoisotopic (exact) mass is 516 g/mol. The number of hydrogen-bond acceptors (Lipinski definition) is 6. The molecule has 0 fully saturated rings. The number of hydrogen-bond donors (Lipinski definition) is 0. The van der Waals surface area contributed by atoms with E-state index in [1.165, 1.54) is 95.2 Å². The Morgan fingerprint density at radius 3 is 1.59 bits per heavy atom. The molecular formula is C27H53N2O3PS. The van der Waals surface area contributed by atoms with Crippen molar-refractivity contribution in [3.05, 3.63) is 0 Å². The highest BCUT2D eigenvalue weighted by molar-refractivity contribution is 8.13. The van der Waals surface area contributed by atoms with Gasteiger partial charge in [0.2, 0.25) is 0 Å². The third kappa shape index (κ3) is 21.1. The molecule has 0 bridgehead atoms. The van der Waals surface area contributed by atoms with Gasteiger partial charge in [0.1, 0.15) is 0 Å². The fourth-order valence-corrected chi connectivity index (χ4v) is 6.26. The third-order valence-corrected chi connectivity index (χ3v) is 8.72. The minimum absolute atomic E-state index is 0.248. The van der Waals surface area contributed by atoms with E-state index in [0.717, 1.165) is 18.8 Å². The van der Waals surface area contributed by atoms with Gasteiger partial charge in [0.05, 0.1) is 25.7 Å². The first-order valence-corrected chi connectivity index (χ1v) is 15.9. The molecule has 7 heteroatoms. The molecule has 1 atom stereocenters. The molecule has 200 valence electrons. The molecule has 0 aliphatic carbocycles. The second-order valence-electron chi connectivity index (χ2n) is 9.67. The normalized spacial score (nSPS) is 12.6. The number of carbonyl (C=O) groups excluding carboxylic acids is 1. The van der Waals surface area contributed by atoms with Crippen LogP contribution in [0.15, 0.2) is 0 Å². The Morgan fingerprint density at radius 1 is 0.765 bits per heavy atom. The lowest BCUT2D eigenvalue weighted by atomic mass is 10.0. The molecule has 1 unspecified atom stereocenters. The molecule has 0 radical (unpaired) electrons. The van der Waals surface area contributed by atoms with E-state index in [1.54, 1.807) is 6.92 Å². The fourth-order valence-electron chi connectivity index (χ4n) is 4.00. The summed E-state index contributed by atoms with van der Waals surface area (Å²) in [4.78, 5) is 10.9. The Balaban J connectivity index is 3.61. The molecule has 0 aliphatic heterocycles. The number of rotatable bonds is 24. The molecule has 0 heterocycles. The van der Waals surface area contributed by atoms with Crippen molar-refractivity contribution in [2.45, 2.75) is 143 Å². The lowest BCUT2D eigenvalue weighted by molar-refractivity contribution is -0.109. The first-order valence-electron chi connectivity index (χ1n) is 13.7. The van der Waals surface area contributed by atoms with Crippen molar-refractivity contribution in [3.8, 4) is 6.07 Å². The predicted octanol–water partition coefficient (Wildman–Crippen LogP) is 9.02. The van der Waals surface area contributed by atoms with E-state index in [9.17, 15) is 4.79 Å². The third-order valence-electron chi connectivity index (χ3n) is 5.71. The Labute approximate surface area is 217 Å². The van der Waals surface area contributed by atoms with Crippen molar-refractivity contribution in [3.63, 3.8) is 0 Å². The van der Waals surface area contributed by atoms with Gasteiger partial charge in [-0.2, -0.15) is 5.26 Å². The topological polar surface area (TPSA) is 62.6 Å². The van der Waals surface area contributed by atoms with Crippen LogP contribution in [0.5, 0.6) is 0 Å². The second-order valence-corrected chi connectivity index (χ2v) is 12.4. The summed E-state index contributed by atoms with van der Waals surface area (Å²) in [6, 6.07) is 2.87. The molecule has 0 aromatic rings. The lowest BCUT2D eigenvalue weighted by Gasteiger charge is -2.35. The maximum atomic E-state index is 10.9. The zero-order valence-corrected chi connectivity index (χ0v) is 24.6. The van der Waals surface area contributed by atoms with Gasteiger partial charge in [0, 0.05) is 24.8 Å². The maximum Gasteiger partial charge on any atom is 0.259 e. The smallest absolute Gasteiger partial charge is 0.259 e. The summed E-state index contributed by atoms with van der Waals surface area (Å²) in [5, 5.41) is 9.04. The van der Waals surface area contributed by atoms with Crippen molar-refractivity contribution in [2.24, 2.45) is 0 Å². The Bertz CT molecular complexity index is 507. The van der Waals surface area contributed by atoms with Gasteiger partial charge in [0.25, 0.3) is 8.53 Å². The molecule has 34 heavy (non-hydrogen) atoms. The first-order chi connectivity index (χ1) is 16.4. The Kier molecular flexibility index (Phi) is 24.4. The molecule has 0 amide bonds. The van der Waals surface area contributed by atoms with Crippen LogP contribution in [-0.4, -0.2) is 40.8 Å². The molecule has 0 saturated carbocycles. The quantitative estimate of drug-likeness (QED) is 0.0942. The fraction of sp³-hybridized carbons (Fsp3) is 0.926. The van der Waals surface area contributed by atoms with E-state index < -0.39 is 8.53 Å². The van der Waals surface area contributed by atoms with Gasteiger partial charge < -0.3 is 9.05 Å². The van der Waals surface area contributed by atoms with E-state index in [2.05, 4.69) is 38.4 Å². The largest absolute Gasteiger partial charge is 0.322 e. The molecular weight excluding hydrogens is 463 g/mol. The molecule has 0 spiro atoms. The van der Waals surface area contributed by atoms with Crippen LogP contribution in [0.25, 0.3) is 0 Å². The van der Waals surface area contributed by atoms with E-state index in [4.69, 9.17) is 14.3 Å². The molecule has 0 aliphatic rings. The minimum atomic E-state index is -1.09. The van der Waals surface area contributed by atoms with Crippen LogP contribution in [0.4, 0.5) is 0 Å². The minimum Gasteiger partial charge on any atom is -0.322 e. The second kappa shape index (κ2) is 24.5.